The number of ether oxygens (including phenoxy) is 2. The van der Waals surface area contributed by atoms with Crippen LogP contribution in [0.4, 0.5) is 0 Å². The summed E-state index contributed by atoms with van der Waals surface area (Å²) in [6.07, 6.45) is 0. The van der Waals surface area contributed by atoms with E-state index in [4.69, 9.17) is 9.47 Å². The molecule has 108 valence electrons. The fraction of sp³-hybridized carbons (Fsp3) is 0.188. The number of amides is 1. The third kappa shape index (κ3) is 2.74. The van der Waals surface area contributed by atoms with Crippen molar-refractivity contribution in [3.05, 3.63) is 57.6 Å². The van der Waals surface area contributed by atoms with Gasteiger partial charge in [0.1, 0.15) is 0 Å². The summed E-state index contributed by atoms with van der Waals surface area (Å²) in [7, 11) is 0. The van der Waals surface area contributed by atoms with E-state index in [2.05, 4.69) is 21.2 Å². The number of aryl methyl sites for hydroxylation is 1. The highest BCUT2D eigenvalue weighted by molar-refractivity contribution is 9.10. The van der Waals surface area contributed by atoms with E-state index in [1.807, 2.05) is 37.3 Å². The van der Waals surface area contributed by atoms with Crippen molar-refractivity contribution in [1.82, 2.24) is 5.32 Å². The Bertz CT molecular complexity index is 700. The van der Waals surface area contributed by atoms with Gasteiger partial charge in [-0.25, -0.2) is 0 Å². The first-order valence-electron chi connectivity index (χ1n) is 6.57. The van der Waals surface area contributed by atoms with Crippen LogP contribution in [-0.4, -0.2) is 12.7 Å². The van der Waals surface area contributed by atoms with Gasteiger partial charge in [0.15, 0.2) is 11.5 Å². The molecule has 4 nitrogen and oxygen atoms in total. The summed E-state index contributed by atoms with van der Waals surface area (Å²) < 4.78 is 11.6. The first kappa shape index (κ1) is 13.9. The summed E-state index contributed by atoms with van der Waals surface area (Å²) in [5.74, 6) is 1.31. The van der Waals surface area contributed by atoms with Gasteiger partial charge in [-0.05, 0) is 40.5 Å². The molecule has 0 aliphatic carbocycles. The lowest BCUT2D eigenvalue weighted by molar-refractivity contribution is 0.0949. The van der Waals surface area contributed by atoms with E-state index < -0.39 is 0 Å². The van der Waals surface area contributed by atoms with E-state index in [9.17, 15) is 4.79 Å². The van der Waals surface area contributed by atoms with Gasteiger partial charge in [0.2, 0.25) is 6.79 Å². The summed E-state index contributed by atoms with van der Waals surface area (Å²) in [4.78, 5) is 12.3. The van der Waals surface area contributed by atoms with Crippen LogP contribution in [0.15, 0.2) is 40.9 Å². The minimum absolute atomic E-state index is 0.123. The molecule has 2 aromatic carbocycles. The van der Waals surface area contributed by atoms with Gasteiger partial charge in [-0.1, -0.05) is 24.3 Å². The van der Waals surface area contributed by atoms with Gasteiger partial charge in [0.25, 0.3) is 5.91 Å². The Balaban J connectivity index is 1.75. The van der Waals surface area contributed by atoms with Crippen molar-refractivity contribution in [3.8, 4) is 11.5 Å². The molecule has 3 rings (SSSR count). The van der Waals surface area contributed by atoms with E-state index in [-0.39, 0.29) is 12.7 Å². The normalized spacial score (nSPS) is 12.3. The highest BCUT2D eigenvalue weighted by Gasteiger charge is 2.18. The Morgan fingerprint density at radius 2 is 2.05 bits per heavy atom. The third-order valence-corrected chi connectivity index (χ3v) is 4.41. The molecule has 0 saturated heterocycles. The topological polar surface area (TPSA) is 47.6 Å². The molecule has 0 radical (unpaired) electrons. The molecule has 1 aliphatic heterocycles. The maximum absolute atomic E-state index is 12.3. The molecule has 2 aromatic rings. The Hall–Kier alpha value is -2.01. The van der Waals surface area contributed by atoms with E-state index in [1.54, 1.807) is 6.07 Å². The Kier molecular flexibility index (Phi) is 3.84. The molecule has 21 heavy (non-hydrogen) atoms. The molecule has 0 saturated carbocycles. The van der Waals surface area contributed by atoms with Crippen LogP contribution in [0.25, 0.3) is 0 Å². The van der Waals surface area contributed by atoms with Crippen LogP contribution in [0.2, 0.25) is 0 Å². The van der Waals surface area contributed by atoms with Gasteiger partial charge < -0.3 is 14.8 Å². The summed E-state index contributed by atoms with van der Waals surface area (Å²) >= 11 is 3.45. The number of para-hydroxylation sites is 1. The molecule has 0 bridgehead atoms. The largest absolute Gasteiger partial charge is 0.454 e. The minimum atomic E-state index is -0.123. The van der Waals surface area contributed by atoms with Crippen molar-refractivity contribution >= 4 is 21.8 Å². The molecule has 1 heterocycles. The average molecular weight is 348 g/mol. The summed E-state index contributed by atoms with van der Waals surface area (Å²) in [6.45, 7) is 2.57. The molecular weight excluding hydrogens is 334 g/mol. The zero-order valence-electron chi connectivity index (χ0n) is 11.5. The minimum Gasteiger partial charge on any atom is -0.454 e. The van der Waals surface area contributed by atoms with Crippen molar-refractivity contribution in [1.29, 1.82) is 0 Å². The molecule has 5 heteroatoms. The van der Waals surface area contributed by atoms with Gasteiger partial charge in [0, 0.05) is 16.6 Å². The molecule has 0 aromatic heterocycles. The maximum atomic E-state index is 12.3. The molecule has 0 unspecified atom stereocenters. The van der Waals surface area contributed by atoms with Crippen molar-refractivity contribution in [2.45, 2.75) is 13.5 Å². The zero-order chi connectivity index (χ0) is 14.8. The standard InChI is InChI=1S/C16H14BrNO3/c1-10-4-2-6-12(14(10)17)16(19)18-8-11-5-3-7-13-15(11)21-9-20-13/h2-7H,8-9H2,1H3,(H,18,19). The average Bonchev–Trinajstić information content (AvgIpc) is 2.96. The number of carbonyl (C=O) groups excluding carboxylic acids is 1. The summed E-state index contributed by atoms with van der Waals surface area (Å²) in [5.41, 5.74) is 2.56. The van der Waals surface area contributed by atoms with Crippen LogP contribution < -0.4 is 14.8 Å². The lowest BCUT2D eigenvalue weighted by Gasteiger charge is -2.10. The zero-order valence-corrected chi connectivity index (χ0v) is 13.1. The van der Waals surface area contributed by atoms with E-state index in [0.717, 1.165) is 21.3 Å². The smallest absolute Gasteiger partial charge is 0.252 e. The lowest BCUT2D eigenvalue weighted by Crippen LogP contribution is -2.23. The number of fused-ring (bicyclic) bond motifs is 1. The second-order valence-corrected chi connectivity index (χ2v) is 5.56. The van der Waals surface area contributed by atoms with Gasteiger partial charge in [-0.15, -0.1) is 0 Å². The predicted octanol–water partition coefficient (Wildman–Crippen LogP) is 3.42. The molecular formula is C16H14BrNO3. The van der Waals surface area contributed by atoms with E-state index >= 15 is 0 Å². The van der Waals surface area contributed by atoms with Gasteiger partial charge in [-0.3, -0.25) is 4.79 Å². The van der Waals surface area contributed by atoms with Crippen LogP contribution in [0.3, 0.4) is 0 Å². The Morgan fingerprint density at radius 3 is 2.90 bits per heavy atom. The third-order valence-electron chi connectivity index (χ3n) is 3.35. The first-order chi connectivity index (χ1) is 10.2. The quantitative estimate of drug-likeness (QED) is 0.925. The number of benzene rings is 2. The molecule has 0 spiro atoms. The van der Waals surface area contributed by atoms with E-state index in [0.29, 0.717) is 17.9 Å². The maximum Gasteiger partial charge on any atom is 0.252 e. The number of rotatable bonds is 3. The van der Waals surface area contributed by atoms with E-state index in [1.165, 1.54) is 0 Å². The fourth-order valence-corrected chi connectivity index (χ4v) is 2.67. The lowest BCUT2D eigenvalue weighted by atomic mass is 10.1. The van der Waals surface area contributed by atoms with Gasteiger partial charge in [-0.2, -0.15) is 0 Å². The SMILES string of the molecule is Cc1cccc(C(=O)NCc2cccc3c2OCO3)c1Br. The van der Waals surface area contributed by atoms with Crippen LogP contribution in [0.1, 0.15) is 21.5 Å². The number of nitrogens with one attached hydrogen (secondary N) is 1. The molecule has 1 amide bonds. The number of hydrogen-bond acceptors (Lipinski definition) is 3. The van der Waals surface area contributed by atoms with Crippen LogP contribution >= 0.6 is 15.9 Å². The van der Waals surface area contributed by atoms with Gasteiger partial charge in [0.05, 0.1) is 5.56 Å². The van der Waals surface area contributed by atoms with Crippen molar-refractivity contribution in [2.24, 2.45) is 0 Å². The summed E-state index contributed by atoms with van der Waals surface area (Å²) in [6, 6.07) is 11.3. The molecule has 1 N–H and O–H groups in total. The van der Waals surface area contributed by atoms with Crippen molar-refractivity contribution < 1.29 is 14.3 Å². The second kappa shape index (κ2) is 5.77. The summed E-state index contributed by atoms with van der Waals surface area (Å²) in [5, 5.41) is 2.91. The second-order valence-electron chi connectivity index (χ2n) is 4.77. The Labute approximate surface area is 131 Å². The number of hydrogen-bond donors (Lipinski definition) is 1. The highest BCUT2D eigenvalue weighted by Crippen LogP contribution is 2.35. The number of halogens is 1. The van der Waals surface area contributed by atoms with Crippen LogP contribution in [0.5, 0.6) is 11.5 Å². The van der Waals surface area contributed by atoms with Gasteiger partial charge >= 0.3 is 0 Å². The fourth-order valence-electron chi connectivity index (χ4n) is 2.22. The van der Waals surface area contributed by atoms with Crippen LogP contribution in [-0.2, 0) is 6.54 Å². The first-order valence-corrected chi connectivity index (χ1v) is 7.37. The monoisotopic (exact) mass is 347 g/mol. The number of carbonyl (C=O) groups is 1. The highest BCUT2D eigenvalue weighted by atomic mass is 79.9. The van der Waals surface area contributed by atoms with Crippen molar-refractivity contribution in [2.75, 3.05) is 6.79 Å². The molecule has 0 atom stereocenters. The van der Waals surface area contributed by atoms with Crippen molar-refractivity contribution in [3.63, 3.8) is 0 Å². The molecule has 0 fully saturated rings. The van der Waals surface area contributed by atoms with Crippen LogP contribution in [0, 0.1) is 6.92 Å². The molecule has 1 aliphatic rings. The Morgan fingerprint density at radius 1 is 1.24 bits per heavy atom. The predicted molar refractivity (Wildman–Crippen MR) is 82.6 cm³/mol.